The lowest BCUT2D eigenvalue weighted by molar-refractivity contribution is 0.0606. The maximum Gasteiger partial charge on any atom is 0.348 e. The van der Waals surface area contributed by atoms with Crippen LogP contribution in [-0.4, -0.2) is 24.0 Å². The Hall–Kier alpha value is -3.58. The Labute approximate surface area is 171 Å². The molecule has 0 aliphatic heterocycles. The van der Waals surface area contributed by atoms with E-state index < -0.39 is 11.5 Å². The number of allylic oxidation sites excluding steroid dienone is 1. The third kappa shape index (κ3) is 5.70. The second kappa shape index (κ2) is 10.1. The molecular weight excluding hydrogens is 386 g/mol. The van der Waals surface area contributed by atoms with Crippen LogP contribution < -0.4 is 10.4 Å². The summed E-state index contributed by atoms with van der Waals surface area (Å²) in [5.41, 5.74) is 1.54. The van der Waals surface area contributed by atoms with Crippen LogP contribution in [0.25, 0.3) is 6.08 Å². The fourth-order valence-corrected chi connectivity index (χ4v) is 3.29. The average molecular weight is 405 g/mol. The normalized spacial score (nSPS) is 12.0. The first-order valence-corrected chi connectivity index (χ1v) is 9.65. The van der Waals surface area contributed by atoms with Crippen LogP contribution in [0.3, 0.4) is 0 Å². The molecule has 3 aromatic rings. The second-order valence-corrected chi connectivity index (χ2v) is 6.88. The summed E-state index contributed by atoms with van der Waals surface area (Å²) in [7, 11) is 1.27. The number of hydrogen-bond donors (Lipinski definition) is 0. The molecule has 2 aromatic carbocycles. The van der Waals surface area contributed by atoms with Gasteiger partial charge in [-0.3, -0.25) is 9.79 Å². The molecule has 6 nitrogen and oxygen atoms in total. The second-order valence-electron chi connectivity index (χ2n) is 5.87. The molecule has 1 aromatic heterocycles. The quantitative estimate of drug-likeness (QED) is 0.466. The standard InChI is InChI=1S/C22H19N3O3S/c1-28-21(27)19-15-20(26)25(24-14-8-13-17-9-4-2-5-10-17)22(29-19)23-16-18-11-6-3-7-12-18/h2-15H,16H2,1H3/b13-8+,23-22?,24-14+. The lowest BCUT2D eigenvalue weighted by Gasteiger charge is -2.02. The number of methoxy groups -OCH3 is 1. The Morgan fingerprint density at radius 3 is 2.48 bits per heavy atom. The summed E-state index contributed by atoms with van der Waals surface area (Å²) >= 11 is 1.05. The molecule has 0 aliphatic carbocycles. The van der Waals surface area contributed by atoms with Crippen LogP contribution in [-0.2, 0) is 11.3 Å². The van der Waals surface area contributed by atoms with Crippen molar-refractivity contribution in [3.63, 3.8) is 0 Å². The Morgan fingerprint density at radius 1 is 1.10 bits per heavy atom. The van der Waals surface area contributed by atoms with Crippen molar-refractivity contribution < 1.29 is 9.53 Å². The molecule has 0 unspecified atom stereocenters. The van der Waals surface area contributed by atoms with Gasteiger partial charge in [0.2, 0.25) is 4.80 Å². The monoisotopic (exact) mass is 405 g/mol. The average Bonchev–Trinajstić information content (AvgIpc) is 2.77. The van der Waals surface area contributed by atoms with E-state index >= 15 is 0 Å². The fraction of sp³-hybridized carbons (Fsp3) is 0.0909. The SMILES string of the molecule is COC(=O)c1cc(=O)n(/N=C/C=C/c2ccccc2)c(=NCc2ccccc2)s1. The van der Waals surface area contributed by atoms with Crippen molar-refractivity contribution in [3.05, 3.63) is 104 Å². The molecule has 0 N–H and O–H groups in total. The molecule has 0 aliphatic rings. The van der Waals surface area contributed by atoms with Crippen molar-refractivity contribution in [2.75, 3.05) is 7.11 Å². The Kier molecular flexibility index (Phi) is 7.02. The van der Waals surface area contributed by atoms with E-state index in [2.05, 4.69) is 10.1 Å². The van der Waals surface area contributed by atoms with Gasteiger partial charge >= 0.3 is 5.97 Å². The number of esters is 1. The molecule has 0 amide bonds. The molecule has 29 heavy (non-hydrogen) atoms. The van der Waals surface area contributed by atoms with Gasteiger partial charge < -0.3 is 4.74 Å². The minimum absolute atomic E-state index is 0.176. The van der Waals surface area contributed by atoms with Gasteiger partial charge in [-0.25, -0.2) is 4.79 Å². The zero-order chi connectivity index (χ0) is 20.5. The summed E-state index contributed by atoms with van der Waals surface area (Å²) in [5, 5.41) is 4.22. The maximum absolute atomic E-state index is 12.5. The van der Waals surface area contributed by atoms with Crippen LogP contribution in [0.2, 0.25) is 0 Å². The highest BCUT2D eigenvalue weighted by molar-refractivity contribution is 7.11. The van der Waals surface area contributed by atoms with Crippen LogP contribution in [0.4, 0.5) is 0 Å². The lowest BCUT2D eigenvalue weighted by Crippen LogP contribution is -2.30. The molecule has 0 atom stereocenters. The summed E-state index contributed by atoms with van der Waals surface area (Å²) < 4.78 is 5.90. The van der Waals surface area contributed by atoms with E-state index in [0.29, 0.717) is 11.3 Å². The number of aromatic nitrogens is 1. The van der Waals surface area contributed by atoms with Crippen molar-refractivity contribution in [3.8, 4) is 0 Å². The minimum Gasteiger partial charge on any atom is -0.465 e. The highest BCUT2D eigenvalue weighted by atomic mass is 32.1. The molecule has 0 saturated carbocycles. The Morgan fingerprint density at radius 2 is 1.79 bits per heavy atom. The largest absolute Gasteiger partial charge is 0.465 e. The number of carbonyl (C=O) groups excluding carboxylic acids is 1. The van der Waals surface area contributed by atoms with Gasteiger partial charge in [-0.1, -0.05) is 78.1 Å². The van der Waals surface area contributed by atoms with E-state index in [4.69, 9.17) is 4.74 Å². The fourth-order valence-electron chi connectivity index (χ4n) is 2.41. The van der Waals surface area contributed by atoms with Crippen molar-refractivity contribution in [2.45, 2.75) is 6.54 Å². The molecule has 0 spiro atoms. The van der Waals surface area contributed by atoms with E-state index in [9.17, 15) is 9.59 Å². The van der Waals surface area contributed by atoms with Crippen LogP contribution in [0.15, 0.2) is 87.7 Å². The molecule has 0 fully saturated rings. The molecular formula is C22H19N3O3S. The predicted octanol–water partition coefficient (Wildman–Crippen LogP) is 3.34. The molecule has 0 bridgehead atoms. The highest BCUT2D eigenvalue weighted by Gasteiger charge is 2.10. The summed E-state index contributed by atoms with van der Waals surface area (Å²) in [5.74, 6) is -0.580. The smallest absolute Gasteiger partial charge is 0.348 e. The summed E-state index contributed by atoms with van der Waals surface area (Å²) in [6.07, 6.45) is 5.13. The zero-order valence-electron chi connectivity index (χ0n) is 15.8. The van der Waals surface area contributed by atoms with E-state index in [1.165, 1.54) is 24.1 Å². The van der Waals surface area contributed by atoms with Gasteiger partial charge in [0.15, 0.2) is 0 Å². The number of hydrogen-bond acceptors (Lipinski definition) is 6. The number of rotatable bonds is 6. The third-order valence-corrected chi connectivity index (χ3v) is 4.82. The highest BCUT2D eigenvalue weighted by Crippen LogP contribution is 2.04. The van der Waals surface area contributed by atoms with Gasteiger partial charge in [-0.15, -0.1) is 0 Å². The van der Waals surface area contributed by atoms with Gasteiger partial charge in [0.05, 0.1) is 13.7 Å². The first kappa shape index (κ1) is 20.2. The summed E-state index contributed by atoms with van der Waals surface area (Å²) in [4.78, 5) is 29.4. The number of carbonyl (C=O) groups is 1. The number of nitrogens with zero attached hydrogens (tertiary/aromatic N) is 3. The van der Waals surface area contributed by atoms with Crippen molar-refractivity contribution in [1.82, 2.24) is 4.68 Å². The molecule has 0 saturated heterocycles. The number of benzene rings is 2. The predicted molar refractivity (Wildman–Crippen MR) is 115 cm³/mol. The van der Waals surface area contributed by atoms with Gasteiger partial charge in [-0.2, -0.15) is 9.78 Å². The minimum atomic E-state index is -0.580. The zero-order valence-corrected chi connectivity index (χ0v) is 16.6. The van der Waals surface area contributed by atoms with Crippen LogP contribution in [0, 0.1) is 0 Å². The van der Waals surface area contributed by atoms with E-state index in [1.807, 2.05) is 66.7 Å². The molecule has 1 heterocycles. The topological polar surface area (TPSA) is 73.0 Å². The van der Waals surface area contributed by atoms with Crippen LogP contribution in [0.1, 0.15) is 20.8 Å². The van der Waals surface area contributed by atoms with Gasteiger partial charge in [0, 0.05) is 12.3 Å². The van der Waals surface area contributed by atoms with Crippen LogP contribution in [0.5, 0.6) is 0 Å². The summed E-state index contributed by atoms with van der Waals surface area (Å²) in [6.45, 7) is 0.358. The lowest BCUT2D eigenvalue weighted by atomic mass is 10.2. The van der Waals surface area contributed by atoms with Crippen molar-refractivity contribution in [1.29, 1.82) is 0 Å². The first-order chi connectivity index (χ1) is 14.2. The van der Waals surface area contributed by atoms with E-state index in [0.717, 1.165) is 22.5 Å². The van der Waals surface area contributed by atoms with Gasteiger partial charge in [0.1, 0.15) is 4.88 Å². The van der Waals surface area contributed by atoms with Gasteiger partial charge in [-0.05, 0) is 17.2 Å². The Bertz CT molecular complexity index is 1150. The van der Waals surface area contributed by atoms with Crippen LogP contribution >= 0.6 is 11.3 Å². The van der Waals surface area contributed by atoms with Crippen molar-refractivity contribution in [2.24, 2.45) is 10.1 Å². The number of ether oxygens (including phenoxy) is 1. The van der Waals surface area contributed by atoms with E-state index in [-0.39, 0.29) is 4.88 Å². The maximum atomic E-state index is 12.5. The van der Waals surface area contributed by atoms with E-state index in [1.54, 1.807) is 6.08 Å². The molecule has 146 valence electrons. The molecule has 7 heteroatoms. The van der Waals surface area contributed by atoms with Crippen molar-refractivity contribution >= 4 is 29.6 Å². The summed E-state index contributed by atoms with van der Waals surface area (Å²) in [6, 6.07) is 20.6. The van der Waals surface area contributed by atoms with Gasteiger partial charge in [0.25, 0.3) is 5.56 Å². The molecule has 0 radical (unpaired) electrons. The first-order valence-electron chi connectivity index (χ1n) is 8.83. The third-order valence-electron chi connectivity index (χ3n) is 3.83. The Balaban J connectivity index is 1.96. The molecule has 3 rings (SSSR count).